The molecule has 0 saturated carbocycles. The molecule has 0 aliphatic carbocycles. The summed E-state index contributed by atoms with van der Waals surface area (Å²) >= 11 is 0. The van der Waals surface area contributed by atoms with Gasteiger partial charge < -0.3 is 24.9 Å². The molecule has 3 aromatic carbocycles. The number of aromatic amines is 1. The highest BCUT2D eigenvalue weighted by atomic mass is 16.5. The summed E-state index contributed by atoms with van der Waals surface area (Å²) < 4.78 is 11.6. The molecule has 192 valence electrons. The van der Waals surface area contributed by atoms with E-state index in [0.717, 1.165) is 22.0 Å². The molecule has 0 atom stereocenters. The Kier molecular flexibility index (Phi) is 8.42. The van der Waals surface area contributed by atoms with Gasteiger partial charge in [-0.2, -0.15) is 5.26 Å². The van der Waals surface area contributed by atoms with Crippen LogP contribution in [0.25, 0.3) is 17.0 Å². The lowest BCUT2D eigenvalue weighted by Gasteiger charge is -2.13. The molecule has 0 spiro atoms. The number of para-hydroxylation sites is 1. The van der Waals surface area contributed by atoms with Gasteiger partial charge in [0.2, 0.25) is 0 Å². The zero-order chi connectivity index (χ0) is 26.9. The fourth-order valence-electron chi connectivity index (χ4n) is 3.97. The third-order valence-electron chi connectivity index (χ3n) is 5.89. The van der Waals surface area contributed by atoms with Crippen LogP contribution in [0.3, 0.4) is 0 Å². The highest BCUT2D eigenvalue weighted by Gasteiger charge is 2.12. The number of carbonyl (C=O) groups is 2. The molecule has 1 amide bonds. The Morgan fingerprint density at radius 3 is 2.58 bits per heavy atom. The van der Waals surface area contributed by atoms with E-state index in [9.17, 15) is 14.9 Å². The summed E-state index contributed by atoms with van der Waals surface area (Å²) in [6, 6.07) is 21.5. The van der Waals surface area contributed by atoms with Gasteiger partial charge >= 0.3 is 5.97 Å². The first-order valence-electron chi connectivity index (χ1n) is 12.2. The molecule has 1 heterocycles. The van der Waals surface area contributed by atoms with Crippen molar-refractivity contribution in [2.24, 2.45) is 0 Å². The van der Waals surface area contributed by atoms with Crippen molar-refractivity contribution in [3.63, 3.8) is 0 Å². The number of nitrogens with one attached hydrogen (secondary N) is 2. The van der Waals surface area contributed by atoms with Crippen molar-refractivity contribution >= 4 is 28.9 Å². The van der Waals surface area contributed by atoms with Crippen LogP contribution < -0.4 is 14.8 Å². The van der Waals surface area contributed by atoms with Gasteiger partial charge in [-0.1, -0.05) is 36.4 Å². The third kappa shape index (κ3) is 6.39. The second-order valence-corrected chi connectivity index (χ2v) is 8.47. The minimum absolute atomic E-state index is 0.0152. The summed E-state index contributed by atoms with van der Waals surface area (Å²) in [5.41, 5.74) is 3.75. The summed E-state index contributed by atoms with van der Waals surface area (Å²) in [5.74, 6) is -0.469. The number of H-pyrrole nitrogens is 1. The van der Waals surface area contributed by atoms with Crippen LogP contribution in [-0.2, 0) is 17.8 Å². The predicted molar refractivity (Wildman–Crippen MR) is 144 cm³/mol. The lowest BCUT2D eigenvalue weighted by atomic mass is 10.1. The minimum atomic E-state index is -0.987. The molecular weight excluding hydrogens is 482 g/mol. The Labute approximate surface area is 220 Å². The van der Waals surface area contributed by atoms with Gasteiger partial charge in [0, 0.05) is 23.6 Å². The van der Waals surface area contributed by atoms with Crippen LogP contribution in [0.4, 0.5) is 0 Å². The van der Waals surface area contributed by atoms with Crippen molar-refractivity contribution in [1.29, 1.82) is 5.26 Å². The van der Waals surface area contributed by atoms with E-state index in [1.54, 1.807) is 30.3 Å². The van der Waals surface area contributed by atoms with Gasteiger partial charge in [0.25, 0.3) is 5.91 Å². The molecular formula is C30H27N3O5. The van der Waals surface area contributed by atoms with E-state index < -0.39 is 11.9 Å². The molecule has 4 aromatic rings. The van der Waals surface area contributed by atoms with E-state index in [2.05, 4.69) is 10.3 Å². The highest BCUT2D eigenvalue weighted by Crippen LogP contribution is 2.30. The van der Waals surface area contributed by atoms with Gasteiger partial charge in [-0.15, -0.1) is 0 Å². The van der Waals surface area contributed by atoms with Crippen LogP contribution >= 0.6 is 0 Å². The largest absolute Gasteiger partial charge is 0.490 e. The lowest BCUT2D eigenvalue weighted by Crippen LogP contribution is -2.26. The first kappa shape index (κ1) is 26.0. The highest BCUT2D eigenvalue weighted by molar-refractivity contribution is 6.01. The molecule has 4 rings (SSSR count). The van der Waals surface area contributed by atoms with E-state index >= 15 is 0 Å². The summed E-state index contributed by atoms with van der Waals surface area (Å²) in [6.45, 7) is 2.86. The van der Waals surface area contributed by atoms with Crippen molar-refractivity contribution in [1.82, 2.24) is 10.3 Å². The normalized spacial score (nSPS) is 11.1. The van der Waals surface area contributed by atoms with Crippen molar-refractivity contribution < 1.29 is 24.2 Å². The van der Waals surface area contributed by atoms with Gasteiger partial charge in [0.15, 0.2) is 11.5 Å². The van der Waals surface area contributed by atoms with Crippen LogP contribution in [0.15, 0.2) is 78.5 Å². The molecule has 0 aliphatic rings. The summed E-state index contributed by atoms with van der Waals surface area (Å²) in [6.07, 6.45) is 4.08. The average molecular weight is 510 g/mol. The third-order valence-corrected chi connectivity index (χ3v) is 5.89. The SMILES string of the molecule is CCOc1cc(/C=C(/C#N)C(=O)NCCc2c[nH]c3ccccc23)ccc1OCc1ccc(C(=O)O)cc1. The number of fused-ring (bicyclic) bond motifs is 1. The van der Waals surface area contributed by atoms with Gasteiger partial charge in [0.05, 0.1) is 12.2 Å². The van der Waals surface area contributed by atoms with Crippen LogP contribution in [-0.4, -0.2) is 35.1 Å². The van der Waals surface area contributed by atoms with E-state index in [1.165, 1.54) is 18.2 Å². The van der Waals surface area contributed by atoms with E-state index in [1.807, 2.05) is 43.5 Å². The molecule has 38 heavy (non-hydrogen) atoms. The number of nitrogens with zero attached hydrogens (tertiary/aromatic N) is 1. The summed E-state index contributed by atoms with van der Waals surface area (Å²) in [4.78, 5) is 26.9. The fraction of sp³-hybridized carbons (Fsp3) is 0.167. The molecule has 8 nitrogen and oxygen atoms in total. The summed E-state index contributed by atoms with van der Waals surface area (Å²) in [5, 5.41) is 22.6. The van der Waals surface area contributed by atoms with Gasteiger partial charge in [0.1, 0.15) is 18.2 Å². The van der Waals surface area contributed by atoms with Crippen molar-refractivity contribution in [3.05, 3.63) is 101 Å². The molecule has 0 radical (unpaired) electrons. The Bertz CT molecular complexity index is 1510. The number of carboxylic acids is 1. The zero-order valence-electron chi connectivity index (χ0n) is 20.9. The molecule has 0 saturated heterocycles. The maximum Gasteiger partial charge on any atom is 0.335 e. The number of nitriles is 1. The standard InChI is InChI=1S/C30H27N3O5/c1-2-37-28-16-21(9-12-27(28)38-19-20-7-10-22(11-8-20)30(35)36)15-24(17-31)29(34)32-14-13-23-18-33-26-6-4-3-5-25(23)26/h3-12,15-16,18,33H,2,13-14,19H2,1H3,(H,32,34)(H,35,36)/b24-15-. The first-order valence-corrected chi connectivity index (χ1v) is 12.2. The van der Waals surface area contributed by atoms with Crippen LogP contribution in [0.2, 0.25) is 0 Å². The van der Waals surface area contributed by atoms with Crippen molar-refractivity contribution in [2.75, 3.05) is 13.2 Å². The second-order valence-electron chi connectivity index (χ2n) is 8.47. The number of hydrogen-bond donors (Lipinski definition) is 3. The van der Waals surface area contributed by atoms with Crippen molar-refractivity contribution in [2.45, 2.75) is 20.0 Å². The Morgan fingerprint density at radius 1 is 1.05 bits per heavy atom. The average Bonchev–Trinajstić information content (AvgIpc) is 3.34. The number of benzene rings is 3. The second kappa shape index (κ2) is 12.3. The predicted octanol–water partition coefficient (Wildman–Crippen LogP) is 5.11. The number of carboxylic acid groups (broad SMARTS) is 1. The molecule has 0 unspecified atom stereocenters. The Balaban J connectivity index is 1.40. The first-order chi connectivity index (χ1) is 18.5. The van der Waals surface area contributed by atoms with Crippen LogP contribution in [0.5, 0.6) is 11.5 Å². The van der Waals surface area contributed by atoms with E-state index in [-0.39, 0.29) is 17.7 Å². The van der Waals surface area contributed by atoms with Gasteiger partial charge in [-0.25, -0.2) is 4.79 Å². The molecule has 0 fully saturated rings. The Hall–Kier alpha value is -5.03. The number of ether oxygens (including phenoxy) is 2. The number of carbonyl (C=O) groups excluding carboxylic acids is 1. The molecule has 3 N–H and O–H groups in total. The molecule has 1 aromatic heterocycles. The van der Waals surface area contributed by atoms with Crippen LogP contribution in [0, 0.1) is 11.3 Å². The summed E-state index contributed by atoms with van der Waals surface area (Å²) in [7, 11) is 0. The Morgan fingerprint density at radius 2 is 1.84 bits per heavy atom. The maximum atomic E-state index is 12.7. The zero-order valence-corrected chi connectivity index (χ0v) is 20.9. The molecule has 0 bridgehead atoms. The fourth-order valence-corrected chi connectivity index (χ4v) is 3.97. The molecule has 0 aliphatic heterocycles. The topological polar surface area (TPSA) is 124 Å². The number of amides is 1. The minimum Gasteiger partial charge on any atom is -0.490 e. The van der Waals surface area contributed by atoms with Gasteiger partial charge in [-0.05, 0) is 66.4 Å². The maximum absolute atomic E-state index is 12.7. The number of hydrogen-bond acceptors (Lipinski definition) is 5. The van der Waals surface area contributed by atoms with Crippen LogP contribution in [0.1, 0.15) is 34.0 Å². The number of aromatic nitrogens is 1. The van der Waals surface area contributed by atoms with Gasteiger partial charge in [-0.3, -0.25) is 4.79 Å². The smallest absolute Gasteiger partial charge is 0.335 e. The quantitative estimate of drug-likeness (QED) is 0.191. The van der Waals surface area contributed by atoms with E-state index in [4.69, 9.17) is 14.6 Å². The number of aromatic carboxylic acids is 1. The number of rotatable bonds is 11. The van der Waals surface area contributed by atoms with Crippen molar-refractivity contribution in [3.8, 4) is 17.6 Å². The molecule has 8 heteroatoms. The van der Waals surface area contributed by atoms with E-state index in [0.29, 0.717) is 36.6 Å². The lowest BCUT2D eigenvalue weighted by molar-refractivity contribution is -0.117. The monoisotopic (exact) mass is 509 g/mol.